The standard InChI is InChI=1S/C20H39N3O2/c1-3-21-20(22-12-7-6-10-18-8-4-5-9-18)23-13-11-19(16-23)17-25-15-14-24-2/h18-19H,3-17H2,1-2H3,(H,21,22). The molecule has 1 atom stereocenters. The van der Waals surface area contributed by atoms with Gasteiger partial charge in [0.25, 0.3) is 0 Å². The molecule has 1 aliphatic carbocycles. The Bertz CT molecular complexity index is 370. The Morgan fingerprint density at radius 3 is 2.72 bits per heavy atom. The molecule has 5 heteroatoms. The number of nitrogens with one attached hydrogen (secondary N) is 1. The zero-order valence-electron chi connectivity index (χ0n) is 16.5. The minimum absolute atomic E-state index is 0.614. The number of likely N-dealkylation sites (tertiary alicyclic amines) is 1. The van der Waals surface area contributed by atoms with Crippen LogP contribution in [0.2, 0.25) is 0 Å². The highest BCUT2D eigenvalue weighted by Gasteiger charge is 2.24. The topological polar surface area (TPSA) is 46.1 Å². The molecule has 0 bridgehead atoms. The van der Waals surface area contributed by atoms with Crippen molar-refractivity contribution in [3.63, 3.8) is 0 Å². The van der Waals surface area contributed by atoms with Crippen LogP contribution in [-0.4, -0.2) is 64.0 Å². The van der Waals surface area contributed by atoms with Gasteiger partial charge in [-0.2, -0.15) is 0 Å². The van der Waals surface area contributed by atoms with Crippen LogP contribution in [0.4, 0.5) is 0 Å². The van der Waals surface area contributed by atoms with Gasteiger partial charge < -0.3 is 19.7 Å². The van der Waals surface area contributed by atoms with Gasteiger partial charge in [0.15, 0.2) is 5.96 Å². The van der Waals surface area contributed by atoms with Gasteiger partial charge in [-0.25, -0.2) is 0 Å². The van der Waals surface area contributed by atoms with Crippen LogP contribution in [-0.2, 0) is 9.47 Å². The molecule has 1 unspecified atom stereocenters. The molecule has 5 nitrogen and oxygen atoms in total. The van der Waals surface area contributed by atoms with Crippen molar-refractivity contribution >= 4 is 5.96 Å². The van der Waals surface area contributed by atoms with Crippen molar-refractivity contribution in [3.05, 3.63) is 0 Å². The Hall–Kier alpha value is -0.810. The molecule has 2 aliphatic rings. The van der Waals surface area contributed by atoms with Crippen LogP contribution in [0.15, 0.2) is 4.99 Å². The first kappa shape index (κ1) is 20.5. The Morgan fingerprint density at radius 1 is 1.12 bits per heavy atom. The summed E-state index contributed by atoms with van der Waals surface area (Å²) >= 11 is 0. The number of aliphatic imine (C=N–C) groups is 1. The minimum Gasteiger partial charge on any atom is -0.382 e. The van der Waals surface area contributed by atoms with E-state index in [0.29, 0.717) is 19.1 Å². The third-order valence-corrected chi connectivity index (χ3v) is 5.46. The SMILES string of the molecule is CCNC(=NCCCCC1CCCC1)N1CCC(COCCOC)C1. The summed E-state index contributed by atoms with van der Waals surface area (Å²) in [6.07, 6.45) is 11.0. The molecular weight excluding hydrogens is 314 g/mol. The molecule has 0 aromatic heterocycles. The van der Waals surface area contributed by atoms with Crippen LogP contribution >= 0.6 is 0 Å². The lowest BCUT2D eigenvalue weighted by Gasteiger charge is -2.21. The van der Waals surface area contributed by atoms with Gasteiger partial charge in [-0.3, -0.25) is 4.99 Å². The summed E-state index contributed by atoms with van der Waals surface area (Å²) in [6, 6.07) is 0. The van der Waals surface area contributed by atoms with Crippen LogP contribution < -0.4 is 5.32 Å². The summed E-state index contributed by atoms with van der Waals surface area (Å²) in [5.41, 5.74) is 0. The number of nitrogens with zero attached hydrogens (tertiary/aromatic N) is 2. The highest BCUT2D eigenvalue weighted by molar-refractivity contribution is 5.80. The molecule has 25 heavy (non-hydrogen) atoms. The third-order valence-electron chi connectivity index (χ3n) is 5.46. The smallest absolute Gasteiger partial charge is 0.193 e. The van der Waals surface area contributed by atoms with Gasteiger partial charge in [0.05, 0.1) is 19.8 Å². The van der Waals surface area contributed by atoms with Gasteiger partial charge in [0.2, 0.25) is 0 Å². The number of hydrogen-bond donors (Lipinski definition) is 1. The van der Waals surface area contributed by atoms with E-state index in [4.69, 9.17) is 14.5 Å². The number of rotatable bonds is 11. The zero-order chi connectivity index (χ0) is 17.7. The van der Waals surface area contributed by atoms with Crippen molar-refractivity contribution in [1.29, 1.82) is 0 Å². The normalized spacial score (nSPS) is 22.1. The Morgan fingerprint density at radius 2 is 1.96 bits per heavy atom. The number of ether oxygens (including phenoxy) is 2. The van der Waals surface area contributed by atoms with E-state index in [0.717, 1.165) is 44.7 Å². The lowest BCUT2D eigenvalue weighted by atomic mass is 10.0. The minimum atomic E-state index is 0.614. The summed E-state index contributed by atoms with van der Waals surface area (Å²) in [4.78, 5) is 7.28. The molecule has 1 N–H and O–H groups in total. The van der Waals surface area contributed by atoms with E-state index >= 15 is 0 Å². The second kappa shape index (κ2) is 12.5. The molecule has 1 saturated heterocycles. The van der Waals surface area contributed by atoms with Crippen molar-refractivity contribution < 1.29 is 9.47 Å². The Labute approximate surface area is 154 Å². The average molecular weight is 354 g/mol. The monoisotopic (exact) mass is 353 g/mol. The van der Waals surface area contributed by atoms with E-state index in [-0.39, 0.29) is 0 Å². The van der Waals surface area contributed by atoms with E-state index < -0.39 is 0 Å². The van der Waals surface area contributed by atoms with E-state index in [9.17, 15) is 0 Å². The van der Waals surface area contributed by atoms with Crippen molar-refractivity contribution in [3.8, 4) is 0 Å². The lowest BCUT2D eigenvalue weighted by molar-refractivity contribution is 0.0536. The highest BCUT2D eigenvalue weighted by Crippen LogP contribution is 2.28. The molecule has 2 fully saturated rings. The Balaban J connectivity index is 1.64. The summed E-state index contributed by atoms with van der Waals surface area (Å²) in [7, 11) is 1.72. The summed E-state index contributed by atoms with van der Waals surface area (Å²) in [6.45, 7) is 8.40. The molecule has 0 amide bonds. The maximum Gasteiger partial charge on any atom is 0.193 e. The first-order valence-corrected chi connectivity index (χ1v) is 10.4. The van der Waals surface area contributed by atoms with E-state index in [1.54, 1.807) is 7.11 Å². The van der Waals surface area contributed by atoms with Gasteiger partial charge in [-0.05, 0) is 25.7 Å². The average Bonchev–Trinajstić information content (AvgIpc) is 3.29. The van der Waals surface area contributed by atoms with Gasteiger partial charge in [-0.1, -0.05) is 38.5 Å². The molecule has 146 valence electrons. The van der Waals surface area contributed by atoms with Crippen molar-refractivity contribution in [2.24, 2.45) is 16.8 Å². The second-order valence-corrected chi connectivity index (χ2v) is 7.55. The number of hydrogen-bond acceptors (Lipinski definition) is 3. The number of methoxy groups -OCH3 is 1. The maximum atomic E-state index is 5.70. The highest BCUT2D eigenvalue weighted by atomic mass is 16.5. The molecule has 1 aliphatic heterocycles. The van der Waals surface area contributed by atoms with Crippen LogP contribution in [0.5, 0.6) is 0 Å². The molecular formula is C20H39N3O2. The largest absolute Gasteiger partial charge is 0.382 e. The fourth-order valence-corrected chi connectivity index (χ4v) is 4.01. The fourth-order valence-electron chi connectivity index (χ4n) is 4.01. The van der Waals surface area contributed by atoms with E-state index in [2.05, 4.69) is 17.1 Å². The zero-order valence-corrected chi connectivity index (χ0v) is 16.5. The molecule has 1 saturated carbocycles. The van der Waals surface area contributed by atoms with E-state index in [1.165, 1.54) is 51.4 Å². The quantitative estimate of drug-likeness (QED) is 0.352. The van der Waals surface area contributed by atoms with Crippen molar-refractivity contribution in [2.45, 2.75) is 58.3 Å². The number of guanidine groups is 1. The lowest BCUT2D eigenvalue weighted by Crippen LogP contribution is -2.40. The molecule has 0 aromatic carbocycles. The van der Waals surface area contributed by atoms with Gasteiger partial charge >= 0.3 is 0 Å². The van der Waals surface area contributed by atoms with E-state index in [1.807, 2.05) is 0 Å². The predicted octanol–water partition coefficient (Wildman–Crippen LogP) is 3.30. The molecule has 1 heterocycles. The van der Waals surface area contributed by atoms with Gasteiger partial charge in [0.1, 0.15) is 0 Å². The summed E-state index contributed by atoms with van der Waals surface area (Å²) in [5, 5.41) is 3.47. The van der Waals surface area contributed by atoms with Crippen molar-refractivity contribution in [1.82, 2.24) is 10.2 Å². The molecule has 0 spiro atoms. The van der Waals surface area contributed by atoms with Gasteiger partial charge in [-0.15, -0.1) is 0 Å². The van der Waals surface area contributed by atoms with Gasteiger partial charge in [0, 0.05) is 39.2 Å². The molecule has 0 aromatic rings. The molecule has 2 rings (SSSR count). The van der Waals surface area contributed by atoms with Crippen LogP contribution in [0.1, 0.15) is 58.3 Å². The van der Waals surface area contributed by atoms with Crippen LogP contribution in [0, 0.1) is 11.8 Å². The fraction of sp³-hybridized carbons (Fsp3) is 0.950. The second-order valence-electron chi connectivity index (χ2n) is 7.55. The van der Waals surface area contributed by atoms with Crippen molar-refractivity contribution in [2.75, 3.05) is 53.1 Å². The first-order chi connectivity index (χ1) is 12.3. The number of unbranched alkanes of at least 4 members (excludes halogenated alkanes) is 1. The molecule has 0 radical (unpaired) electrons. The van der Waals surface area contributed by atoms with Crippen LogP contribution in [0.25, 0.3) is 0 Å². The maximum absolute atomic E-state index is 5.70. The van der Waals surface area contributed by atoms with Crippen LogP contribution in [0.3, 0.4) is 0 Å². The third kappa shape index (κ3) is 7.95. The summed E-state index contributed by atoms with van der Waals surface area (Å²) < 4.78 is 10.7. The first-order valence-electron chi connectivity index (χ1n) is 10.4. The predicted molar refractivity (Wildman–Crippen MR) is 104 cm³/mol. The summed E-state index contributed by atoms with van der Waals surface area (Å²) in [5.74, 6) is 2.72. The Kier molecular flexibility index (Phi) is 10.3.